The van der Waals surface area contributed by atoms with Gasteiger partial charge in [0, 0.05) is 18.1 Å². The number of carbonyl (C=O) groups is 1. The van der Waals surface area contributed by atoms with Crippen LogP contribution in [0.2, 0.25) is 10.2 Å². The van der Waals surface area contributed by atoms with Crippen molar-refractivity contribution >= 4 is 46.3 Å². The fraction of sp³-hybridized carbons (Fsp3) is 0.368. The number of benzene rings is 1. The number of amides is 1. The largest absolute Gasteiger partial charge is 0.440 e. The molecule has 0 saturated carbocycles. The Labute approximate surface area is 168 Å². The first-order chi connectivity index (χ1) is 12.3. The highest BCUT2D eigenvalue weighted by atomic mass is 35.5. The molecule has 2 atom stereocenters. The van der Waals surface area contributed by atoms with E-state index in [-0.39, 0.29) is 22.8 Å². The van der Waals surface area contributed by atoms with Crippen LogP contribution in [0.4, 0.5) is 0 Å². The van der Waals surface area contributed by atoms with Crippen LogP contribution in [-0.4, -0.2) is 34.4 Å². The first-order valence-electron chi connectivity index (χ1n) is 8.41. The molecule has 1 saturated heterocycles. The zero-order valence-corrected chi connectivity index (χ0v) is 16.9. The van der Waals surface area contributed by atoms with Crippen molar-refractivity contribution in [3.05, 3.63) is 58.0 Å². The van der Waals surface area contributed by atoms with E-state index in [0.717, 1.165) is 29.5 Å². The molecule has 0 aliphatic carbocycles. The van der Waals surface area contributed by atoms with E-state index in [0.29, 0.717) is 0 Å². The molecule has 1 aromatic carbocycles. The first-order valence-corrected chi connectivity index (χ1v) is 9.57. The molecule has 3 rings (SSSR count). The number of nitrogens with one attached hydrogen (secondary N) is 1. The average molecular weight is 411 g/mol. The lowest BCUT2D eigenvalue weighted by atomic mass is 10.00. The third kappa shape index (κ3) is 4.05. The Morgan fingerprint density at radius 3 is 2.81 bits per heavy atom. The van der Waals surface area contributed by atoms with Gasteiger partial charge >= 0.3 is 0 Å². The van der Waals surface area contributed by atoms with E-state index in [2.05, 4.69) is 23.2 Å². The van der Waals surface area contributed by atoms with Crippen LogP contribution in [0.1, 0.15) is 42.3 Å². The average Bonchev–Trinajstić information content (AvgIpc) is 3.14. The van der Waals surface area contributed by atoms with Crippen LogP contribution in [-0.2, 0) is 0 Å². The van der Waals surface area contributed by atoms with Crippen molar-refractivity contribution < 1.29 is 9.21 Å². The predicted octanol–water partition coefficient (Wildman–Crippen LogP) is 4.91. The van der Waals surface area contributed by atoms with Gasteiger partial charge < -0.3 is 14.6 Å². The number of thiocarbonyl (C=S) groups is 1. The van der Waals surface area contributed by atoms with Crippen molar-refractivity contribution in [3.8, 4) is 0 Å². The quantitative estimate of drug-likeness (QED) is 0.710. The molecule has 0 spiro atoms. The maximum Gasteiger partial charge on any atom is 0.287 e. The van der Waals surface area contributed by atoms with E-state index in [1.165, 1.54) is 5.56 Å². The molecule has 26 heavy (non-hydrogen) atoms. The minimum Gasteiger partial charge on any atom is -0.440 e. The molecular weight excluding hydrogens is 391 g/mol. The highest BCUT2D eigenvalue weighted by Crippen LogP contribution is 2.28. The van der Waals surface area contributed by atoms with Gasteiger partial charge in [0.15, 0.2) is 11.0 Å². The summed E-state index contributed by atoms with van der Waals surface area (Å²) >= 11 is 17.5. The van der Waals surface area contributed by atoms with Crippen LogP contribution in [0.25, 0.3) is 0 Å². The van der Waals surface area contributed by atoms with Crippen LogP contribution in [0, 0.1) is 0 Å². The molecule has 2 unspecified atom stereocenters. The van der Waals surface area contributed by atoms with Crippen molar-refractivity contribution in [2.45, 2.75) is 31.7 Å². The normalized spacial score (nSPS) is 21.1. The summed E-state index contributed by atoms with van der Waals surface area (Å²) in [7, 11) is 0. The molecule has 2 aromatic rings. The minimum absolute atomic E-state index is 0.185. The summed E-state index contributed by atoms with van der Waals surface area (Å²) in [6.45, 7) is 5.66. The van der Waals surface area contributed by atoms with Gasteiger partial charge in [0.05, 0.1) is 5.54 Å². The standard InChI is InChI=1S/C19H20Cl2N2O2S/c1-12(13-4-3-5-14(20)10-13)11-23-9-8-19(2,18(23)26)22-17(24)15-6-7-16(21)25-15/h3-7,10,12H,8-9,11H2,1-2H3,(H,22,24). The zero-order chi connectivity index (χ0) is 18.9. The Morgan fingerprint density at radius 2 is 2.15 bits per heavy atom. The van der Waals surface area contributed by atoms with Crippen LogP contribution >= 0.6 is 35.4 Å². The summed E-state index contributed by atoms with van der Waals surface area (Å²) in [6, 6.07) is 11.0. The van der Waals surface area contributed by atoms with E-state index in [4.69, 9.17) is 39.8 Å². The molecule has 4 nitrogen and oxygen atoms in total. The molecular formula is C19H20Cl2N2O2S. The summed E-state index contributed by atoms with van der Waals surface area (Å²) < 4.78 is 5.18. The molecule has 7 heteroatoms. The van der Waals surface area contributed by atoms with E-state index < -0.39 is 5.54 Å². The maximum absolute atomic E-state index is 12.4. The Balaban J connectivity index is 1.66. The van der Waals surface area contributed by atoms with Crippen molar-refractivity contribution in [2.24, 2.45) is 0 Å². The van der Waals surface area contributed by atoms with E-state index in [1.807, 2.05) is 25.1 Å². The lowest BCUT2D eigenvalue weighted by Crippen LogP contribution is -2.51. The fourth-order valence-corrected chi connectivity index (χ4v) is 3.87. The molecule has 0 bridgehead atoms. The van der Waals surface area contributed by atoms with Gasteiger partial charge in [-0.25, -0.2) is 0 Å². The Hall–Kier alpha value is -1.56. The minimum atomic E-state index is -0.584. The van der Waals surface area contributed by atoms with Crippen LogP contribution in [0.15, 0.2) is 40.8 Å². The topological polar surface area (TPSA) is 45.5 Å². The third-order valence-electron chi connectivity index (χ3n) is 4.74. The molecule has 1 N–H and O–H groups in total. The van der Waals surface area contributed by atoms with Crippen molar-refractivity contribution in [1.82, 2.24) is 10.2 Å². The highest BCUT2D eigenvalue weighted by molar-refractivity contribution is 7.80. The zero-order valence-electron chi connectivity index (χ0n) is 14.6. The molecule has 2 heterocycles. The number of hydrogen-bond acceptors (Lipinski definition) is 3. The smallest absolute Gasteiger partial charge is 0.287 e. The van der Waals surface area contributed by atoms with Crippen LogP contribution in [0.5, 0.6) is 0 Å². The Kier molecular flexibility index (Phi) is 5.61. The number of likely N-dealkylation sites (tertiary alicyclic amines) is 1. The van der Waals surface area contributed by atoms with E-state index >= 15 is 0 Å². The third-order valence-corrected chi connectivity index (χ3v) is 5.89. The number of rotatable bonds is 5. The van der Waals surface area contributed by atoms with Crippen LogP contribution < -0.4 is 5.32 Å². The Bertz CT molecular complexity index is 838. The lowest BCUT2D eigenvalue weighted by molar-refractivity contribution is 0.0900. The van der Waals surface area contributed by atoms with Gasteiger partial charge in [-0.2, -0.15) is 0 Å². The molecule has 138 valence electrons. The lowest BCUT2D eigenvalue weighted by Gasteiger charge is -2.29. The SMILES string of the molecule is CC(CN1CCC(C)(NC(=O)c2ccc(Cl)o2)C1=S)c1cccc(Cl)c1. The summed E-state index contributed by atoms with van der Waals surface area (Å²) in [5, 5.41) is 3.91. The number of hydrogen-bond donors (Lipinski definition) is 1. The van der Waals surface area contributed by atoms with Gasteiger partial charge in [-0.05, 0) is 60.7 Å². The molecule has 0 radical (unpaired) electrons. The van der Waals surface area contributed by atoms with E-state index in [9.17, 15) is 4.79 Å². The summed E-state index contributed by atoms with van der Waals surface area (Å²) in [4.78, 5) is 15.3. The molecule has 1 aromatic heterocycles. The maximum atomic E-state index is 12.4. The summed E-state index contributed by atoms with van der Waals surface area (Å²) in [6.07, 6.45) is 0.744. The molecule has 1 aliphatic rings. The number of carbonyl (C=O) groups excluding carboxylic acids is 1. The van der Waals surface area contributed by atoms with Crippen LogP contribution in [0.3, 0.4) is 0 Å². The summed E-state index contributed by atoms with van der Waals surface area (Å²) in [5.74, 6) is 0.143. The van der Waals surface area contributed by atoms with Gasteiger partial charge in [-0.3, -0.25) is 4.79 Å². The highest BCUT2D eigenvalue weighted by Gasteiger charge is 2.41. The molecule has 1 fully saturated rings. The second kappa shape index (κ2) is 7.59. The molecule has 1 aliphatic heterocycles. The van der Waals surface area contributed by atoms with E-state index in [1.54, 1.807) is 12.1 Å². The van der Waals surface area contributed by atoms with Gasteiger partial charge in [0.1, 0.15) is 4.99 Å². The van der Waals surface area contributed by atoms with Gasteiger partial charge in [0.2, 0.25) is 0 Å². The predicted molar refractivity (Wildman–Crippen MR) is 108 cm³/mol. The van der Waals surface area contributed by atoms with Gasteiger partial charge in [-0.1, -0.05) is 42.9 Å². The van der Waals surface area contributed by atoms with Crippen molar-refractivity contribution in [3.63, 3.8) is 0 Å². The number of furan rings is 1. The number of halogens is 2. The number of nitrogens with zero attached hydrogens (tertiary/aromatic N) is 1. The van der Waals surface area contributed by atoms with Crippen molar-refractivity contribution in [2.75, 3.05) is 13.1 Å². The Morgan fingerprint density at radius 1 is 1.38 bits per heavy atom. The second-order valence-corrected chi connectivity index (χ2v) is 8.04. The fourth-order valence-electron chi connectivity index (χ4n) is 3.20. The first kappa shape index (κ1) is 19.2. The van der Waals surface area contributed by atoms with Gasteiger partial charge in [-0.15, -0.1) is 0 Å². The van der Waals surface area contributed by atoms with Gasteiger partial charge in [0.25, 0.3) is 5.91 Å². The monoisotopic (exact) mass is 410 g/mol. The second-order valence-electron chi connectivity index (χ2n) is 6.85. The summed E-state index contributed by atoms with van der Waals surface area (Å²) in [5.41, 5.74) is 0.586. The van der Waals surface area contributed by atoms with Crippen molar-refractivity contribution in [1.29, 1.82) is 0 Å². The molecule has 1 amide bonds.